The van der Waals surface area contributed by atoms with Gasteiger partial charge in [0, 0.05) is 6.04 Å². The maximum Gasteiger partial charge on any atom is 0.119 e. The standard InChI is InChI=1S/C13H22N2O.ClH/c1-10(2)16-12-7-5-11(6-8-12)13(15)4-3-9-14;/h5-8,10,13H,3-4,9,14-15H2,1-2H3;1H/t13-;/m1./s1. The predicted molar refractivity (Wildman–Crippen MR) is 74.7 cm³/mol. The molecule has 0 heterocycles. The monoisotopic (exact) mass is 258 g/mol. The van der Waals surface area contributed by atoms with Crippen molar-refractivity contribution < 1.29 is 4.74 Å². The van der Waals surface area contributed by atoms with Gasteiger partial charge in [-0.25, -0.2) is 0 Å². The quantitative estimate of drug-likeness (QED) is 0.825. The highest BCUT2D eigenvalue weighted by Crippen LogP contribution is 2.19. The molecule has 3 nitrogen and oxygen atoms in total. The van der Waals surface area contributed by atoms with Gasteiger partial charge in [0.1, 0.15) is 5.75 Å². The Balaban J connectivity index is 0.00000256. The van der Waals surface area contributed by atoms with Crippen molar-refractivity contribution in [2.45, 2.75) is 38.8 Å². The van der Waals surface area contributed by atoms with Gasteiger partial charge in [-0.15, -0.1) is 12.4 Å². The Morgan fingerprint density at radius 1 is 1.18 bits per heavy atom. The van der Waals surface area contributed by atoms with E-state index in [2.05, 4.69) is 0 Å². The molecule has 0 aliphatic rings. The molecular formula is C13H23ClN2O. The van der Waals surface area contributed by atoms with Crippen LogP contribution in [0, 0.1) is 0 Å². The van der Waals surface area contributed by atoms with Crippen LogP contribution >= 0.6 is 12.4 Å². The lowest BCUT2D eigenvalue weighted by atomic mass is 10.0. The lowest BCUT2D eigenvalue weighted by molar-refractivity contribution is 0.242. The molecule has 1 rings (SSSR count). The van der Waals surface area contributed by atoms with Crippen LogP contribution in [-0.2, 0) is 0 Å². The molecule has 1 aromatic rings. The van der Waals surface area contributed by atoms with Crippen LogP contribution in [0.3, 0.4) is 0 Å². The van der Waals surface area contributed by atoms with Gasteiger partial charge in [-0.3, -0.25) is 0 Å². The molecule has 0 aliphatic heterocycles. The average molecular weight is 259 g/mol. The number of nitrogens with two attached hydrogens (primary N) is 2. The topological polar surface area (TPSA) is 61.3 Å². The molecule has 0 aliphatic carbocycles. The molecule has 0 saturated heterocycles. The molecule has 98 valence electrons. The van der Waals surface area contributed by atoms with Crippen molar-refractivity contribution in [2.24, 2.45) is 11.5 Å². The molecule has 0 amide bonds. The van der Waals surface area contributed by atoms with Crippen LogP contribution in [0.15, 0.2) is 24.3 Å². The molecule has 1 aromatic carbocycles. The van der Waals surface area contributed by atoms with E-state index in [1.165, 1.54) is 0 Å². The van der Waals surface area contributed by atoms with Crippen LogP contribution in [0.25, 0.3) is 0 Å². The van der Waals surface area contributed by atoms with Crippen molar-refractivity contribution >= 4 is 12.4 Å². The van der Waals surface area contributed by atoms with Gasteiger partial charge < -0.3 is 16.2 Å². The lowest BCUT2D eigenvalue weighted by Crippen LogP contribution is -2.12. The largest absolute Gasteiger partial charge is 0.491 e. The maximum absolute atomic E-state index is 6.04. The van der Waals surface area contributed by atoms with Gasteiger partial charge in [-0.1, -0.05) is 12.1 Å². The van der Waals surface area contributed by atoms with E-state index in [9.17, 15) is 0 Å². The lowest BCUT2D eigenvalue weighted by Gasteiger charge is -2.13. The minimum Gasteiger partial charge on any atom is -0.491 e. The van der Waals surface area contributed by atoms with Crippen molar-refractivity contribution in [3.63, 3.8) is 0 Å². The summed E-state index contributed by atoms with van der Waals surface area (Å²) in [6.45, 7) is 4.73. The predicted octanol–water partition coefficient (Wildman–Crippen LogP) is 2.63. The molecule has 0 fully saturated rings. The molecular weight excluding hydrogens is 236 g/mol. The molecule has 17 heavy (non-hydrogen) atoms. The summed E-state index contributed by atoms with van der Waals surface area (Å²) >= 11 is 0. The summed E-state index contributed by atoms with van der Waals surface area (Å²) < 4.78 is 5.57. The fourth-order valence-corrected chi connectivity index (χ4v) is 1.57. The van der Waals surface area contributed by atoms with Gasteiger partial charge in [0.05, 0.1) is 6.10 Å². The number of hydrogen-bond donors (Lipinski definition) is 2. The second-order valence-electron chi connectivity index (χ2n) is 4.27. The zero-order valence-corrected chi connectivity index (χ0v) is 11.4. The summed E-state index contributed by atoms with van der Waals surface area (Å²) in [5, 5.41) is 0. The summed E-state index contributed by atoms with van der Waals surface area (Å²) in [6, 6.07) is 8.07. The summed E-state index contributed by atoms with van der Waals surface area (Å²) in [7, 11) is 0. The zero-order chi connectivity index (χ0) is 12.0. The molecule has 0 radical (unpaired) electrons. The van der Waals surface area contributed by atoms with Gasteiger partial charge in [-0.2, -0.15) is 0 Å². The number of rotatable bonds is 6. The Morgan fingerprint density at radius 2 is 1.76 bits per heavy atom. The Hall–Kier alpha value is -0.770. The number of hydrogen-bond acceptors (Lipinski definition) is 3. The molecule has 0 saturated carbocycles. The normalized spacial score (nSPS) is 12.1. The van der Waals surface area contributed by atoms with Crippen LogP contribution in [-0.4, -0.2) is 12.6 Å². The van der Waals surface area contributed by atoms with Crippen molar-refractivity contribution in [2.75, 3.05) is 6.54 Å². The van der Waals surface area contributed by atoms with Gasteiger partial charge in [0.25, 0.3) is 0 Å². The fraction of sp³-hybridized carbons (Fsp3) is 0.538. The van der Waals surface area contributed by atoms with E-state index in [1.807, 2.05) is 38.1 Å². The maximum atomic E-state index is 6.04. The van der Waals surface area contributed by atoms with E-state index in [1.54, 1.807) is 0 Å². The molecule has 0 unspecified atom stereocenters. The second kappa shape index (κ2) is 8.34. The van der Waals surface area contributed by atoms with Crippen molar-refractivity contribution in [1.29, 1.82) is 0 Å². The first kappa shape index (κ1) is 16.2. The molecule has 1 atom stereocenters. The van der Waals surface area contributed by atoms with Gasteiger partial charge in [0.2, 0.25) is 0 Å². The SMILES string of the molecule is CC(C)Oc1ccc([C@H](N)CCCN)cc1.Cl. The Labute approximate surface area is 110 Å². The Bertz CT molecular complexity index is 301. The first-order valence-electron chi connectivity index (χ1n) is 5.85. The minimum atomic E-state index is 0. The van der Waals surface area contributed by atoms with Crippen LogP contribution in [0.1, 0.15) is 38.3 Å². The van der Waals surface area contributed by atoms with E-state index in [0.29, 0.717) is 6.54 Å². The molecule has 0 aromatic heterocycles. The van der Waals surface area contributed by atoms with Gasteiger partial charge in [-0.05, 0) is 50.9 Å². The molecule has 0 spiro atoms. The summed E-state index contributed by atoms with van der Waals surface area (Å²) in [5.74, 6) is 0.893. The average Bonchev–Trinajstić information content (AvgIpc) is 2.26. The van der Waals surface area contributed by atoms with Crippen LogP contribution < -0.4 is 16.2 Å². The summed E-state index contributed by atoms with van der Waals surface area (Å²) in [6.07, 6.45) is 2.10. The number of halogens is 1. The molecule has 0 bridgehead atoms. The third kappa shape index (κ3) is 5.91. The summed E-state index contributed by atoms with van der Waals surface area (Å²) in [5.41, 5.74) is 12.6. The highest BCUT2D eigenvalue weighted by atomic mass is 35.5. The molecule has 4 N–H and O–H groups in total. The van der Waals surface area contributed by atoms with E-state index < -0.39 is 0 Å². The fourth-order valence-electron chi connectivity index (χ4n) is 1.57. The van der Waals surface area contributed by atoms with Crippen LogP contribution in [0.2, 0.25) is 0 Å². The number of ether oxygens (including phenoxy) is 1. The van der Waals surface area contributed by atoms with E-state index >= 15 is 0 Å². The highest BCUT2D eigenvalue weighted by Gasteiger charge is 2.05. The van der Waals surface area contributed by atoms with E-state index in [4.69, 9.17) is 16.2 Å². The summed E-state index contributed by atoms with van der Waals surface area (Å²) in [4.78, 5) is 0. The van der Waals surface area contributed by atoms with Gasteiger partial charge in [0.15, 0.2) is 0 Å². The molecule has 4 heteroatoms. The van der Waals surface area contributed by atoms with Crippen LogP contribution in [0.5, 0.6) is 5.75 Å². The first-order chi connectivity index (χ1) is 7.63. The smallest absolute Gasteiger partial charge is 0.119 e. The van der Waals surface area contributed by atoms with Crippen molar-refractivity contribution in [3.05, 3.63) is 29.8 Å². The third-order valence-corrected chi connectivity index (χ3v) is 2.40. The van der Waals surface area contributed by atoms with Crippen molar-refractivity contribution in [3.8, 4) is 5.75 Å². The Morgan fingerprint density at radius 3 is 2.24 bits per heavy atom. The number of benzene rings is 1. The van der Waals surface area contributed by atoms with Crippen LogP contribution in [0.4, 0.5) is 0 Å². The van der Waals surface area contributed by atoms with Gasteiger partial charge >= 0.3 is 0 Å². The van der Waals surface area contributed by atoms with E-state index in [-0.39, 0.29) is 24.6 Å². The third-order valence-electron chi connectivity index (χ3n) is 2.40. The zero-order valence-electron chi connectivity index (χ0n) is 10.6. The second-order valence-corrected chi connectivity index (χ2v) is 4.27. The minimum absolute atomic E-state index is 0. The first-order valence-corrected chi connectivity index (χ1v) is 5.85. The van der Waals surface area contributed by atoms with Crippen molar-refractivity contribution in [1.82, 2.24) is 0 Å². The highest BCUT2D eigenvalue weighted by molar-refractivity contribution is 5.85. The Kier molecular flexibility index (Phi) is 7.96. The van der Waals surface area contributed by atoms with E-state index in [0.717, 1.165) is 24.2 Å².